The maximum atomic E-state index is 11.8. The van der Waals surface area contributed by atoms with Crippen LogP contribution in [0.3, 0.4) is 0 Å². The van der Waals surface area contributed by atoms with Gasteiger partial charge in [-0.15, -0.1) is 23.7 Å². The van der Waals surface area contributed by atoms with E-state index in [9.17, 15) is 4.79 Å². The molecule has 1 aromatic rings. The van der Waals surface area contributed by atoms with Gasteiger partial charge in [0.05, 0.1) is 9.35 Å². The lowest BCUT2D eigenvalue weighted by atomic mass is 10.0. The molecule has 3 nitrogen and oxygen atoms in total. The number of nitrogens with two attached hydrogens (primary N) is 1. The van der Waals surface area contributed by atoms with E-state index in [2.05, 4.69) is 35.1 Å². The zero-order valence-electron chi connectivity index (χ0n) is 9.90. The van der Waals surface area contributed by atoms with Crippen LogP contribution in [0.2, 0.25) is 0 Å². The SMILES string of the molecule is CC(C)CC(CN)NC(=O)c1csc(Br)c1.Cl. The molecular weight excluding hydrogens is 324 g/mol. The Morgan fingerprint density at radius 3 is 2.65 bits per heavy atom. The molecule has 0 aliphatic rings. The van der Waals surface area contributed by atoms with Crippen LogP contribution in [0.25, 0.3) is 0 Å². The summed E-state index contributed by atoms with van der Waals surface area (Å²) in [6, 6.07) is 1.88. The number of carbonyl (C=O) groups excluding carboxylic acids is 1. The molecule has 1 unspecified atom stereocenters. The molecule has 0 fully saturated rings. The van der Waals surface area contributed by atoms with Crippen LogP contribution >= 0.6 is 39.7 Å². The van der Waals surface area contributed by atoms with Crippen LogP contribution in [0.15, 0.2) is 15.2 Å². The summed E-state index contributed by atoms with van der Waals surface area (Å²) in [6.07, 6.45) is 0.910. The van der Waals surface area contributed by atoms with Crippen LogP contribution < -0.4 is 11.1 Å². The fraction of sp³-hybridized carbons (Fsp3) is 0.545. The lowest BCUT2D eigenvalue weighted by Crippen LogP contribution is -2.40. The van der Waals surface area contributed by atoms with Crippen molar-refractivity contribution in [2.24, 2.45) is 11.7 Å². The molecule has 0 saturated heterocycles. The first-order valence-electron chi connectivity index (χ1n) is 5.28. The summed E-state index contributed by atoms with van der Waals surface area (Å²) in [5, 5.41) is 4.79. The first-order chi connectivity index (χ1) is 7.52. The Morgan fingerprint density at radius 2 is 2.24 bits per heavy atom. The molecule has 1 atom stereocenters. The zero-order valence-corrected chi connectivity index (χ0v) is 13.1. The molecule has 6 heteroatoms. The number of amides is 1. The highest BCUT2D eigenvalue weighted by atomic mass is 79.9. The summed E-state index contributed by atoms with van der Waals surface area (Å²) in [4.78, 5) is 11.8. The van der Waals surface area contributed by atoms with Gasteiger partial charge in [-0.1, -0.05) is 13.8 Å². The molecule has 0 spiro atoms. The van der Waals surface area contributed by atoms with Gasteiger partial charge in [-0.25, -0.2) is 0 Å². The van der Waals surface area contributed by atoms with Gasteiger partial charge in [-0.05, 0) is 34.3 Å². The van der Waals surface area contributed by atoms with Crippen LogP contribution in [-0.2, 0) is 0 Å². The van der Waals surface area contributed by atoms with Crippen molar-refractivity contribution in [3.8, 4) is 0 Å². The first kappa shape index (κ1) is 16.9. The van der Waals surface area contributed by atoms with Crippen LogP contribution in [0.1, 0.15) is 30.6 Å². The Morgan fingerprint density at radius 1 is 1.59 bits per heavy atom. The van der Waals surface area contributed by atoms with E-state index < -0.39 is 0 Å². The van der Waals surface area contributed by atoms with Gasteiger partial charge in [-0.3, -0.25) is 4.79 Å². The van der Waals surface area contributed by atoms with E-state index in [1.165, 1.54) is 11.3 Å². The predicted molar refractivity (Wildman–Crippen MR) is 79.0 cm³/mol. The molecule has 0 bridgehead atoms. The fourth-order valence-electron chi connectivity index (χ4n) is 1.48. The number of hydrogen-bond acceptors (Lipinski definition) is 3. The van der Waals surface area contributed by atoms with Crippen molar-refractivity contribution >= 4 is 45.6 Å². The Balaban J connectivity index is 0.00000256. The van der Waals surface area contributed by atoms with Gasteiger partial charge in [0.25, 0.3) is 5.91 Å². The molecule has 0 aliphatic heterocycles. The third-order valence-corrected chi connectivity index (χ3v) is 3.71. The van der Waals surface area contributed by atoms with Crippen LogP contribution in [0.4, 0.5) is 0 Å². The number of thiophene rings is 1. The van der Waals surface area contributed by atoms with E-state index >= 15 is 0 Å². The molecule has 1 aromatic heterocycles. The molecule has 98 valence electrons. The van der Waals surface area contributed by atoms with Gasteiger partial charge in [-0.2, -0.15) is 0 Å². The van der Waals surface area contributed by atoms with E-state index in [4.69, 9.17) is 5.73 Å². The Bertz CT molecular complexity index is 357. The van der Waals surface area contributed by atoms with Crippen molar-refractivity contribution in [2.45, 2.75) is 26.3 Å². The fourth-order valence-corrected chi connectivity index (χ4v) is 2.62. The summed E-state index contributed by atoms with van der Waals surface area (Å²) in [5.41, 5.74) is 6.32. The third-order valence-electron chi connectivity index (χ3n) is 2.21. The molecule has 0 saturated carbocycles. The average Bonchev–Trinajstić information content (AvgIpc) is 2.63. The number of nitrogens with one attached hydrogen (secondary N) is 1. The molecular formula is C11H18BrClN2OS. The summed E-state index contributed by atoms with van der Waals surface area (Å²) >= 11 is 4.84. The quantitative estimate of drug-likeness (QED) is 0.865. The topological polar surface area (TPSA) is 55.1 Å². The molecule has 1 heterocycles. The second kappa shape index (κ2) is 8.08. The molecule has 3 N–H and O–H groups in total. The van der Waals surface area contributed by atoms with Crippen molar-refractivity contribution in [1.82, 2.24) is 5.32 Å². The minimum absolute atomic E-state index is 0. The van der Waals surface area contributed by atoms with Crippen molar-refractivity contribution < 1.29 is 4.79 Å². The summed E-state index contributed by atoms with van der Waals surface area (Å²) in [5.74, 6) is 0.487. The van der Waals surface area contributed by atoms with Gasteiger partial charge in [0, 0.05) is 18.0 Å². The average molecular weight is 342 g/mol. The van der Waals surface area contributed by atoms with Gasteiger partial charge < -0.3 is 11.1 Å². The number of halogens is 2. The normalized spacial score (nSPS) is 12.1. The van der Waals surface area contributed by atoms with E-state index in [-0.39, 0.29) is 24.4 Å². The third kappa shape index (κ3) is 5.86. The maximum Gasteiger partial charge on any atom is 0.252 e. The predicted octanol–water partition coefficient (Wildman–Crippen LogP) is 3.04. The molecule has 1 amide bonds. The highest BCUT2D eigenvalue weighted by Gasteiger charge is 2.14. The monoisotopic (exact) mass is 340 g/mol. The van der Waals surface area contributed by atoms with Crippen LogP contribution in [-0.4, -0.2) is 18.5 Å². The van der Waals surface area contributed by atoms with Crippen molar-refractivity contribution in [3.63, 3.8) is 0 Å². The highest BCUT2D eigenvalue weighted by molar-refractivity contribution is 9.11. The lowest BCUT2D eigenvalue weighted by Gasteiger charge is -2.18. The molecule has 1 rings (SSSR count). The second-order valence-corrected chi connectivity index (χ2v) is 6.47. The molecule has 0 radical (unpaired) electrons. The van der Waals surface area contributed by atoms with E-state index in [1.807, 2.05) is 11.4 Å². The van der Waals surface area contributed by atoms with Crippen molar-refractivity contribution in [3.05, 3.63) is 20.8 Å². The van der Waals surface area contributed by atoms with Crippen LogP contribution in [0, 0.1) is 5.92 Å². The molecule has 0 aromatic carbocycles. The summed E-state index contributed by atoms with van der Waals surface area (Å²) < 4.78 is 0.964. The number of rotatable bonds is 5. The van der Waals surface area contributed by atoms with E-state index in [1.54, 1.807) is 0 Å². The number of carbonyl (C=O) groups is 1. The van der Waals surface area contributed by atoms with Gasteiger partial charge >= 0.3 is 0 Å². The van der Waals surface area contributed by atoms with Crippen LogP contribution in [0.5, 0.6) is 0 Å². The zero-order chi connectivity index (χ0) is 12.1. The highest BCUT2D eigenvalue weighted by Crippen LogP contribution is 2.20. The number of hydrogen-bond donors (Lipinski definition) is 2. The van der Waals surface area contributed by atoms with Gasteiger partial charge in [0.2, 0.25) is 0 Å². The largest absolute Gasteiger partial charge is 0.348 e. The molecule has 17 heavy (non-hydrogen) atoms. The Hall–Kier alpha value is -0.100. The molecule has 0 aliphatic carbocycles. The first-order valence-corrected chi connectivity index (χ1v) is 6.95. The van der Waals surface area contributed by atoms with Gasteiger partial charge in [0.1, 0.15) is 0 Å². The Kier molecular flexibility index (Phi) is 8.03. The standard InChI is InChI=1S/C11H17BrN2OS.ClH/c1-7(2)3-9(5-13)14-11(15)8-4-10(12)16-6-8;/h4,6-7,9H,3,5,13H2,1-2H3,(H,14,15);1H. The minimum Gasteiger partial charge on any atom is -0.348 e. The maximum absolute atomic E-state index is 11.8. The van der Waals surface area contributed by atoms with E-state index in [0.717, 1.165) is 10.2 Å². The summed E-state index contributed by atoms with van der Waals surface area (Å²) in [7, 11) is 0. The van der Waals surface area contributed by atoms with E-state index in [0.29, 0.717) is 18.0 Å². The smallest absolute Gasteiger partial charge is 0.252 e. The minimum atomic E-state index is -0.0435. The Labute approximate surface area is 121 Å². The lowest BCUT2D eigenvalue weighted by molar-refractivity contribution is 0.0934. The van der Waals surface area contributed by atoms with Crippen molar-refractivity contribution in [2.75, 3.05) is 6.54 Å². The second-order valence-electron chi connectivity index (χ2n) is 4.18. The van der Waals surface area contributed by atoms with Crippen molar-refractivity contribution in [1.29, 1.82) is 0 Å². The van der Waals surface area contributed by atoms with Gasteiger partial charge in [0.15, 0.2) is 0 Å². The summed E-state index contributed by atoms with van der Waals surface area (Å²) in [6.45, 7) is 4.72.